The van der Waals surface area contributed by atoms with Gasteiger partial charge >= 0.3 is 0 Å². The molecule has 7 heteroatoms. The zero-order valence-electron chi connectivity index (χ0n) is 15.2. The Hall–Kier alpha value is -2.77. The molecule has 4 rings (SSSR count). The van der Waals surface area contributed by atoms with Crippen LogP contribution in [0.5, 0.6) is 5.75 Å². The maximum Gasteiger partial charge on any atom is 0.267 e. The fourth-order valence-electron chi connectivity index (χ4n) is 2.70. The first-order chi connectivity index (χ1) is 13.7. The standard InChI is InChI=1S/C21H18N2O3S2/c1-27-17-9-10-18-19(12-17)28-21(22-18)23(13-16-8-5-11-25-16)20(24)14-26-15-6-3-2-4-7-15/h2-12H,13-14H2,1H3. The van der Waals surface area contributed by atoms with Crippen molar-refractivity contribution < 1.29 is 13.9 Å². The average molecular weight is 411 g/mol. The fourth-order valence-corrected chi connectivity index (χ4v) is 4.23. The molecule has 2 aromatic carbocycles. The number of amides is 1. The summed E-state index contributed by atoms with van der Waals surface area (Å²) in [5.41, 5.74) is 0.874. The first kappa shape index (κ1) is 18.6. The molecule has 28 heavy (non-hydrogen) atoms. The van der Waals surface area contributed by atoms with E-state index < -0.39 is 0 Å². The van der Waals surface area contributed by atoms with Crippen LogP contribution in [0.4, 0.5) is 5.13 Å². The van der Waals surface area contributed by atoms with Gasteiger partial charge in [-0.25, -0.2) is 4.98 Å². The predicted molar refractivity (Wildman–Crippen MR) is 113 cm³/mol. The van der Waals surface area contributed by atoms with Crippen molar-refractivity contribution in [1.82, 2.24) is 4.98 Å². The lowest BCUT2D eigenvalue weighted by Crippen LogP contribution is -2.34. The smallest absolute Gasteiger partial charge is 0.267 e. The molecular weight excluding hydrogens is 392 g/mol. The number of fused-ring (bicyclic) bond motifs is 1. The molecule has 0 bridgehead atoms. The molecule has 2 heterocycles. The topological polar surface area (TPSA) is 55.6 Å². The lowest BCUT2D eigenvalue weighted by molar-refractivity contribution is -0.120. The van der Waals surface area contributed by atoms with E-state index in [4.69, 9.17) is 9.15 Å². The molecule has 0 aliphatic heterocycles. The Morgan fingerprint density at radius 3 is 2.79 bits per heavy atom. The summed E-state index contributed by atoms with van der Waals surface area (Å²) in [6.45, 7) is 0.232. The third kappa shape index (κ3) is 4.21. The number of ether oxygens (including phenoxy) is 1. The second kappa shape index (κ2) is 8.50. The Morgan fingerprint density at radius 1 is 1.18 bits per heavy atom. The number of furan rings is 1. The van der Waals surface area contributed by atoms with E-state index in [-0.39, 0.29) is 12.5 Å². The van der Waals surface area contributed by atoms with Gasteiger partial charge in [0.15, 0.2) is 11.7 Å². The number of anilines is 1. The third-order valence-corrected chi connectivity index (χ3v) is 5.88. The molecular formula is C21H18N2O3S2. The maximum absolute atomic E-state index is 13.0. The Balaban J connectivity index is 1.60. The minimum atomic E-state index is -0.176. The number of benzene rings is 2. The molecule has 0 saturated heterocycles. The van der Waals surface area contributed by atoms with Gasteiger partial charge in [-0.15, -0.1) is 11.8 Å². The van der Waals surface area contributed by atoms with Crippen LogP contribution in [-0.4, -0.2) is 23.8 Å². The van der Waals surface area contributed by atoms with Gasteiger partial charge in [0, 0.05) is 4.90 Å². The van der Waals surface area contributed by atoms with E-state index in [0.29, 0.717) is 23.2 Å². The number of thiazole rings is 1. The van der Waals surface area contributed by atoms with Crippen molar-refractivity contribution in [2.75, 3.05) is 17.8 Å². The number of rotatable bonds is 7. The molecule has 5 nitrogen and oxygen atoms in total. The van der Waals surface area contributed by atoms with Crippen LogP contribution in [0, 0.1) is 0 Å². The molecule has 0 N–H and O–H groups in total. The van der Waals surface area contributed by atoms with Crippen molar-refractivity contribution in [2.45, 2.75) is 11.4 Å². The number of carbonyl (C=O) groups excluding carboxylic acids is 1. The zero-order chi connectivity index (χ0) is 19.3. The van der Waals surface area contributed by atoms with E-state index in [1.165, 1.54) is 16.2 Å². The molecule has 4 aromatic rings. The van der Waals surface area contributed by atoms with Gasteiger partial charge in [0.25, 0.3) is 5.91 Å². The summed E-state index contributed by atoms with van der Waals surface area (Å²) in [7, 11) is 0. The maximum atomic E-state index is 13.0. The van der Waals surface area contributed by atoms with Crippen LogP contribution in [0.25, 0.3) is 10.2 Å². The molecule has 0 fully saturated rings. The van der Waals surface area contributed by atoms with Crippen molar-refractivity contribution in [2.24, 2.45) is 0 Å². The van der Waals surface area contributed by atoms with Crippen LogP contribution >= 0.6 is 23.1 Å². The number of thioether (sulfide) groups is 1. The number of nitrogens with zero attached hydrogens (tertiary/aromatic N) is 2. The lowest BCUT2D eigenvalue weighted by atomic mass is 10.3. The van der Waals surface area contributed by atoms with Gasteiger partial charge in [-0.3, -0.25) is 9.69 Å². The van der Waals surface area contributed by atoms with Gasteiger partial charge < -0.3 is 9.15 Å². The highest BCUT2D eigenvalue weighted by molar-refractivity contribution is 7.98. The highest BCUT2D eigenvalue weighted by Gasteiger charge is 2.22. The first-order valence-electron chi connectivity index (χ1n) is 8.68. The fraction of sp³-hybridized carbons (Fsp3) is 0.143. The van der Waals surface area contributed by atoms with Crippen molar-refractivity contribution >= 4 is 44.4 Å². The van der Waals surface area contributed by atoms with E-state index in [2.05, 4.69) is 11.1 Å². The van der Waals surface area contributed by atoms with Crippen LogP contribution in [0.2, 0.25) is 0 Å². The molecule has 0 aliphatic rings. The van der Waals surface area contributed by atoms with Crippen LogP contribution < -0.4 is 9.64 Å². The summed E-state index contributed by atoms with van der Waals surface area (Å²) in [5, 5.41) is 0.631. The van der Waals surface area contributed by atoms with Gasteiger partial charge in [-0.1, -0.05) is 29.5 Å². The van der Waals surface area contributed by atoms with Gasteiger partial charge in [-0.05, 0) is 48.7 Å². The average Bonchev–Trinajstić information content (AvgIpc) is 3.39. The summed E-state index contributed by atoms with van der Waals surface area (Å²) >= 11 is 3.17. The minimum absolute atomic E-state index is 0.0727. The number of carbonyl (C=O) groups is 1. The second-order valence-corrected chi connectivity index (χ2v) is 7.88. The molecule has 1 amide bonds. The molecule has 142 valence electrons. The largest absolute Gasteiger partial charge is 0.484 e. The Labute approximate surface area is 170 Å². The molecule has 0 atom stereocenters. The summed E-state index contributed by atoms with van der Waals surface area (Å²) in [4.78, 5) is 20.4. The van der Waals surface area contributed by atoms with Crippen LogP contribution in [-0.2, 0) is 11.3 Å². The molecule has 0 saturated carbocycles. The highest BCUT2D eigenvalue weighted by Crippen LogP contribution is 2.32. The highest BCUT2D eigenvalue weighted by atomic mass is 32.2. The summed E-state index contributed by atoms with van der Waals surface area (Å²) in [6, 6.07) is 19.1. The van der Waals surface area contributed by atoms with Crippen LogP contribution in [0.15, 0.2) is 76.2 Å². The van der Waals surface area contributed by atoms with E-state index >= 15 is 0 Å². The molecule has 0 radical (unpaired) electrons. The predicted octanol–water partition coefficient (Wildman–Crippen LogP) is 5.22. The normalized spacial score (nSPS) is 10.9. The number of hydrogen-bond donors (Lipinski definition) is 0. The lowest BCUT2D eigenvalue weighted by Gasteiger charge is -2.19. The van der Waals surface area contributed by atoms with Crippen LogP contribution in [0.1, 0.15) is 5.76 Å². The Kier molecular flexibility index (Phi) is 5.64. The quantitative estimate of drug-likeness (QED) is 0.391. The SMILES string of the molecule is CSc1ccc2nc(N(Cc3ccco3)C(=O)COc3ccccc3)sc2c1. The van der Waals surface area contributed by atoms with E-state index in [0.717, 1.165) is 10.2 Å². The summed E-state index contributed by atoms with van der Waals surface area (Å²) in [5.74, 6) is 1.17. The van der Waals surface area contributed by atoms with Crippen LogP contribution in [0.3, 0.4) is 0 Å². The van der Waals surface area contributed by atoms with Crippen molar-refractivity contribution in [3.63, 3.8) is 0 Å². The summed E-state index contributed by atoms with van der Waals surface area (Å²) in [6.07, 6.45) is 3.64. The Morgan fingerprint density at radius 2 is 2.04 bits per heavy atom. The Bertz CT molecular complexity index is 1060. The van der Waals surface area contributed by atoms with E-state index in [1.807, 2.05) is 60.9 Å². The molecule has 0 spiro atoms. The third-order valence-electron chi connectivity index (χ3n) is 4.12. The number of para-hydroxylation sites is 1. The van der Waals surface area contributed by atoms with E-state index in [1.54, 1.807) is 22.9 Å². The van der Waals surface area contributed by atoms with Crippen molar-refractivity contribution in [1.29, 1.82) is 0 Å². The number of aromatic nitrogens is 1. The van der Waals surface area contributed by atoms with Gasteiger partial charge in [-0.2, -0.15) is 0 Å². The minimum Gasteiger partial charge on any atom is -0.484 e. The van der Waals surface area contributed by atoms with E-state index in [9.17, 15) is 4.79 Å². The zero-order valence-corrected chi connectivity index (χ0v) is 16.8. The van der Waals surface area contributed by atoms with Gasteiger partial charge in [0.1, 0.15) is 11.5 Å². The monoisotopic (exact) mass is 410 g/mol. The molecule has 0 unspecified atom stereocenters. The van der Waals surface area contributed by atoms with Gasteiger partial charge in [0.05, 0.1) is 23.0 Å². The second-order valence-electron chi connectivity index (χ2n) is 5.99. The molecule has 2 aromatic heterocycles. The summed E-state index contributed by atoms with van der Waals surface area (Å²) < 4.78 is 12.1. The van der Waals surface area contributed by atoms with Crippen molar-refractivity contribution in [3.05, 3.63) is 72.7 Å². The van der Waals surface area contributed by atoms with Crippen molar-refractivity contribution in [3.8, 4) is 5.75 Å². The number of hydrogen-bond acceptors (Lipinski definition) is 6. The molecule has 0 aliphatic carbocycles. The van der Waals surface area contributed by atoms with Gasteiger partial charge in [0.2, 0.25) is 0 Å². The first-order valence-corrected chi connectivity index (χ1v) is 10.7.